The van der Waals surface area contributed by atoms with Crippen LogP contribution in [0.3, 0.4) is 0 Å². The van der Waals surface area contributed by atoms with E-state index in [2.05, 4.69) is 30.6 Å². The highest BCUT2D eigenvalue weighted by Gasteiger charge is 2.21. The molecule has 0 bridgehead atoms. The molecule has 3 rings (SSSR count). The van der Waals surface area contributed by atoms with E-state index >= 15 is 0 Å². The minimum atomic E-state index is 0.315. The van der Waals surface area contributed by atoms with Crippen molar-refractivity contribution in [2.75, 3.05) is 18.0 Å². The van der Waals surface area contributed by atoms with Crippen molar-refractivity contribution in [3.8, 4) is 0 Å². The second kappa shape index (κ2) is 5.79. The summed E-state index contributed by atoms with van der Waals surface area (Å²) >= 11 is 5.88. The number of nitrogens with zero attached hydrogens (tertiary/aromatic N) is 5. The zero-order chi connectivity index (χ0) is 13.9. The summed E-state index contributed by atoms with van der Waals surface area (Å²) in [6, 6.07) is 1.93. The van der Waals surface area contributed by atoms with Crippen LogP contribution in [-0.4, -0.2) is 32.6 Å². The largest absolute Gasteiger partial charge is 0.356 e. The average Bonchev–Trinajstić information content (AvgIpc) is 2.85. The molecule has 3 heterocycles. The van der Waals surface area contributed by atoms with Crippen LogP contribution < -0.4 is 4.90 Å². The zero-order valence-corrected chi connectivity index (χ0v) is 12.3. The van der Waals surface area contributed by atoms with E-state index in [0.29, 0.717) is 11.2 Å². The van der Waals surface area contributed by atoms with Crippen molar-refractivity contribution < 1.29 is 0 Å². The summed E-state index contributed by atoms with van der Waals surface area (Å²) in [5.74, 6) is 2.62. The van der Waals surface area contributed by atoms with Gasteiger partial charge < -0.3 is 9.47 Å². The van der Waals surface area contributed by atoms with Crippen molar-refractivity contribution >= 4 is 17.4 Å². The van der Waals surface area contributed by atoms with E-state index in [1.807, 2.05) is 19.2 Å². The highest BCUT2D eigenvalue weighted by molar-refractivity contribution is 6.28. The first kappa shape index (κ1) is 13.4. The van der Waals surface area contributed by atoms with E-state index in [9.17, 15) is 0 Å². The normalized spacial score (nSPS) is 19.3. The molecule has 0 radical (unpaired) electrons. The van der Waals surface area contributed by atoms with Gasteiger partial charge in [0.1, 0.15) is 11.6 Å². The van der Waals surface area contributed by atoms with E-state index in [0.717, 1.165) is 31.3 Å². The molecule has 2 aromatic heterocycles. The van der Waals surface area contributed by atoms with Gasteiger partial charge in [-0.15, -0.1) is 0 Å². The molecule has 20 heavy (non-hydrogen) atoms. The van der Waals surface area contributed by atoms with Crippen LogP contribution >= 0.6 is 11.6 Å². The maximum absolute atomic E-state index is 5.88. The van der Waals surface area contributed by atoms with E-state index in [-0.39, 0.29) is 0 Å². The number of aryl methyl sites for hydroxylation is 1. The van der Waals surface area contributed by atoms with Gasteiger partial charge in [0.2, 0.25) is 5.28 Å². The molecule has 0 aliphatic carbocycles. The topological polar surface area (TPSA) is 46.8 Å². The van der Waals surface area contributed by atoms with Crippen molar-refractivity contribution in [3.05, 3.63) is 35.8 Å². The summed E-state index contributed by atoms with van der Waals surface area (Å²) in [6.07, 6.45) is 8.05. The number of anilines is 1. The van der Waals surface area contributed by atoms with E-state index < -0.39 is 0 Å². The number of hydrogen-bond donors (Lipinski definition) is 0. The Morgan fingerprint density at radius 3 is 3.00 bits per heavy atom. The van der Waals surface area contributed by atoms with Gasteiger partial charge in [-0.05, 0) is 43.4 Å². The molecule has 1 aliphatic rings. The number of rotatable bonds is 3. The molecule has 0 N–H and O–H groups in total. The first-order chi connectivity index (χ1) is 9.72. The van der Waals surface area contributed by atoms with E-state index in [1.165, 1.54) is 12.8 Å². The lowest BCUT2D eigenvalue weighted by Crippen LogP contribution is -2.37. The minimum absolute atomic E-state index is 0.315. The average molecular weight is 292 g/mol. The predicted molar refractivity (Wildman–Crippen MR) is 78.9 cm³/mol. The van der Waals surface area contributed by atoms with Gasteiger partial charge in [-0.25, -0.2) is 15.0 Å². The summed E-state index contributed by atoms with van der Waals surface area (Å²) in [7, 11) is 0. The lowest BCUT2D eigenvalue weighted by atomic mass is 9.98. The molecule has 1 atom stereocenters. The molecular formula is C14H18ClN5. The Labute approximate surface area is 123 Å². The number of imidazole rings is 1. The van der Waals surface area contributed by atoms with Crippen LogP contribution in [0.4, 0.5) is 5.82 Å². The minimum Gasteiger partial charge on any atom is -0.356 e. The van der Waals surface area contributed by atoms with Crippen LogP contribution in [0.5, 0.6) is 0 Å². The third kappa shape index (κ3) is 2.93. The monoisotopic (exact) mass is 291 g/mol. The standard InChI is InChI=1S/C14H18ClN5/c1-11-16-6-8-19(11)9-12-3-2-7-20(10-12)13-4-5-17-14(15)18-13/h4-6,8,12H,2-3,7,9-10H2,1H3/t12-/m0/s1. The van der Waals surface area contributed by atoms with Gasteiger partial charge in [0.15, 0.2) is 0 Å². The number of piperidine rings is 1. The van der Waals surface area contributed by atoms with Gasteiger partial charge in [0, 0.05) is 38.2 Å². The van der Waals surface area contributed by atoms with Crippen molar-refractivity contribution in [2.45, 2.75) is 26.3 Å². The second-order valence-corrected chi connectivity index (χ2v) is 5.60. The summed E-state index contributed by atoms with van der Waals surface area (Å²) < 4.78 is 2.22. The highest BCUT2D eigenvalue weighted by atomic mass is 35.5. The second-order valence-electron chi connectivity index (χ2n) is 5.26. The molecular weight excluding hydrogens is 274 g/mol. The smallest absolute Gasteiger partial charge is 0.224 e. The quantitative estimate of drug-likeness (QED) is 0.816. The van der Waals surface area contributed by atoms with Crippen molar-refractivity contribution in [2.24, 2.45) is 5.92 Å². The number of aromatic nitrogens is 4. The van der Waals surface area contributed by atoms with Gasteiger partial charge in [0.05, 0.1) is 0 Å². The van der Waals surface area contributed by atoms with E-state index in [1.54, 1.807) is 6.20 Å². The summed E-state index contributed by atoms with van der Waals surface area (Å²) in [5.41, 5.74) is 0. The molecule has 1 saturated heterocycles. The Balaban J connectivity index is 1.69. The lowest BCUT2D eigenvalue weighted by molar-refractivity contribution is 0.362. The number of halogens is 1. The molecule has 6 heteroatoms. The fraction of sp³-hybridized carbons (Fsp3) is 0.500. The van der Waals surface area contributed by atoms with Crippen LogP contribution in [-0.2, 0) is 6.54 Å². The van der Waals surface area contributed by atoms with Crippen LogP contribution in [0.15, 0.2) is 24.7 Å². The highest BCUT2D eigenvalue weighted by Crippen LogP contribution is 2.23. The predicted octanol–water partition coefficient (Wildman–Crippen LogP) is 2.55. The lowest BCUT2D eigenvalue weighted by Gasteiger charge is -2.33. The molecule has 2 aromatic rings. The summed E-state index contributed by atoms with van der Waals surface area (Å²) in [5, 5.41) is 0.315. The molecule has 0 amide bonds. The fourth-order valence-corrected chi connectivity index (χ4v) is 2.94. The Morgan fingerprint density at radius 2 is 2.25 bits per heavy atom. The first-order valence-electron chi connectivity index (χ1n) is 6.93. The molecule has 0 aromatic carbocycles. The molecule has 0 spiro atoms. The summed E-state index contributed by atoms with van der Waals surface area (Å²) in [4.78, 5) is 14.8. The maximum atomic E-state index is 5.88. The zero-order valence-electron chi connectivity index (χ0n) is 11.5. The molecule has 0 saturated carbocycles. The molecule has 1 aliphatic heterocycles. The van der Waals surface area contributed by atoms with Gasteiger partial charge in [0.25, 0.3) is 0 Å². The summed E-state index contributed by atoms with van der Waals surface area (Å²) in [6.45, 7) is 5.10. The first-order valence-corrected chi connectivity index (χ1v) is 7.31. The van der Waals surface area contributed by atoms with Crippen molar-refractivity contribution in [1.82, 2.24) is 19.5 Å². The third-order valence-corrected chi connectivity index (χ3v) is 4.02. The Bertz CT molecular complexity index is 582. The van der Waals surface area contributed by atoms with Gasteiger partial charge in [-0.1, -0.05) is 0 Å². The Morgan fingerprint density at radius 1 is 1.35 bits per heavy atom. The van der Waals surface area contributed by atoms with Crippen LogP contribution in [0, 0.1) is 12.8 Å². The molecule has 1 fully saturated rings. The Kier molecular flexibility index (Phi) is 3.87. The molecule has 0 unspecified atom stereocenters. The maximum Gasteiger partial charge on any atom is 0.224 e. The Hall–Kier alpha value is -1.62. The third-order valence-electron chi connectivity index (χ3n) is 3.83. The molecule has 5 nitrogen and oxygen atoms in total. The fourth-order valence-electron chi connectivity index (χ4n) is 2.80. The van der Waals surface area contributed by atoms with Crippen LogP contribution in [0.1, 0.15) is 18.7 Å². The van der Waals surface area contributed by atoms with E-state index in [4.69, 9.17) is 11.6 Å². The number of hydrogen-bond acceptors (Lipinski definition) is 4. The van der Waals surface area contributed by atoms with Crippen molar-refractivity contribution in [1.29, 1.82) is 0 Å². The van der Waals surface area contributed by atoms with Gasteiger partial charge >= 0.3 is 0 Å². The van der Waals surface area contributed by atoms with Crippen LogP contribution in [0.2, 0.25) is 5.28 Å². The SMILES string of the molecule is Cc1nccn1C[C@@H]1CCCN(c2ccnc(Cl)n2)C1. The van der Waals surface area contributed by atoms with Crippen LogP contribution in [0.25, 0.3) is 0 Å². The molecule has 106 valence electrons. The van der Waals surface area contributed by atoms with Gasteiger partial charge in [-0.3, -0.25) is 0 Å². The van der Waals surface area contributed by atoms with Crippen molar-refractivity contribution in [3.63, 3.8) is 0 Å². The van der Waals surface area contributed by atoms with Gasteiger partial charge in [-0.2, -0.15) is 0 Å².